The van der Waals surface area contributed by atoms with Crippen LogP contribution in [0.2, 0.25) is 0 Å². The third kappa shape index (κ3) is 1.28. The molecule has 4 nitrogen and oxygen atoms in total. The number of nitrogens with two attached hydrogens (primary N) is 1. The van der Waals surface area contributed by atoms with E-state index in [2.05, 4.69) is 0 Å². The summed E-state index contributed by atoms with van der Waals surface area (Å²) < 4.78 is 10.5. The van der Waals surface area contributed by atoms with E-state index in [1.807, 2.05) is 0 Å². The number of hydrogen-bond acceptors (Lipinski definition) is 4. The van der Waals surface area contributed by atoms with E-state index in [4.69, 9.17) is 15.2 Å². The van der Waals surface area contributed by atoms with Gasteiger partial charge in [-0.1, -0.05) is 0 Å². The number of ether oxygens (including phenoxy) is 2. The number of rotatable bonds is 1. The Hall–Kier alpha value is -1.42. The van der Waals surface area contributed by atoms with Gasteiger partial charge in [-0.25, -0.2) is 0 Å². The van der Waals surface area contributed by atoms with Gasteiger partial charge in [-0.2, -0.15) is 0 Å². The van der Waals surface area contributed by atoms with Crippen molar-refractivity contribution in [1.29, 1.82) is 0 Å². The number of phenolic OH excluding ortho intramolecular Hbond substituents is 1. The molecule has 2 rings (SSSR count). The lowest BCUT2D eigenvalue weighted by Crippen LogP contribution is -2.20. The molecule has 1 aliphatic rings. The Morgan fingerprint density at radius 1 is 1.57 bits per heavy atom. The van der Waals surface area contributed by atoms with Crippen LogP contribution >= 0.6 is 0 Å². The molecular formula is C10H13NO3. The highest BCUT2D eigenvalue weighted by Gasteiger charge is 2.23. The summed E-state index contributed by atoms with van der Waals surface area (Å²) in [6, 6.07) is 3.32. The standard InChI is InChI=1S/C10H13NO3/c1-13-10-8(12)3-2-6-7(11)4-5-14-9(6)10/h2-3,7,12H,4-5,11H2,1H3/t7-/m1/s1. The number of fused-ring (bicyclic) bond motifs is 1. The maximum absolute atomic E-state index is 9.51. The van der Waals surface area contributed by atoms with E-state index >= 15 is 0 Å². The first-order valence-corrected chi connectivity index (χ1v) is 4.52. The van der Waals surface area contributed by atoms with Crippen LogP contribution in [0.4, 0.5) is 0 Å². The lowest BCUT2D eigenvalue weighted by atomic mass is 10.0. The molecule has 3 N–H and O–H groups in total. The molecule has 76 valence electrons. The van der Waals surface area contributed by atoms with Crippen LogP contribution in [0.15, 0.2) is 12.1 Å². The predicted molar refractivity (Wildman–Crippen MR) is 51.7 cm³/mol. The van der Waals surface area contributed by atoms with Crippen molar-refractivity contribution in [3.8, 4) is 17.2 Å². The number of phenols is 1. The summed E-state index contributed by atoms with van der Waals surface area (Å²) in [5, 5.41) is 9.51. The first-order chi connectivity index (χ1) is 6.74. The van der Waals surface area contributed by atoms with Gasteiger partial charge in [0.05, 0.1) is 13.7 Å². The number of benzene rings is 1. The van der Waals surface area contributed by atoms with Gasteiger partial charge in [0.15, 0.2) is 11.5 Å². The highest BCUT2D eigenvalue weighted by molar-refractivity contribution is 5.56. The van der Waals surface area contributed by atoms with Gasteiger partial charge in [-0.3, -0.25) is 0 Å². The molecule has 0 aliphatic carbocycles. The Morgan fingerprint density at radius 2 is 2.36 bits per heavy atom. The van der Waals surface area contributed by atoms with Crippen LogP contribution in [0, 0.1) is 0 Å². The summed E-state index contributed by atoms with van der Waals surface area (Å²) >= 11 is 0. The summed E-state index contributed by atoms with van der Waals surface area (Å²) in [6.45, 7) is 0.563. The van der Waals surface area contributed by atoms with Crippen molar-refractivity contribution < 1.29 is 14.6 Å². The van der Waals surface area contributed by atoms with Crippen LogP contribution in [-0.2, 0) is 0 Å². The molecule has 1 heterocycles. The van der Waals surface area contributed by atoms with Gasteiger partial charge in [0.1, 0.15) is 0 Å². The van der Waals surface area contributed by atoms with Crippen molar-refractivity contribution in [2.45, 2.75) is 12.5 Å². The zero-order valence-corrected chi connectivity index (χ0v) is 7.99. The third-order valence-corrected chi connectivity index (χ3v) is 2.40. The third-order valence-electron chi connectivity index (χ3n) is 2.40. The van der Waals surface area contributed by atoms with E-state index in [-0.39, 0.29) is 11.8 Å². The molecule has 14 heavy (non-hydrogen) atoms. The van der Waals surface area contributed by atoms with Gasteiger partial charge in [0.2, 0.25) is 5.75 Å². The molecule has 1 aliphatic heterocycles. The summed E-state index contributed by atoms with van der Waals surface area (Å²) in [4.78, 5) is 0. The Kier molecular flexibility index (Phi) is 2.21. The van der Waals surface area contributed by atoms with Crippen LogP contribution in [0.25, 0.3) is 0 Å². The summed E-state index contributed by atoms with van der Waals surface area (Å²) in [6.07, 6.45) is 0.793. The molecule has 0 saturated heterocycles. The van der Waals surface area contributed by atoms with Gasteiger partial charge < -0.3 is 20.3 Å². The normalized spacial score (nSPS) is 19.7. The molecule has 0 aromatic heterocycles. The molecule has 0 amide bonds. The van der Waals surface area contributed by atoms with Crippen LogP contribution < -0.4 is 15.2 Å². The second-order valence-corrected chi connectivity index (χ2v) is 3.28. The quantitative estimate of drug-likeness (QED) is 0.706. The topological polar surface area (TPSA) is 64.7 Å². The fourth-order valence-corrected chi connectivity index (χ4v) is 1.65. The Morgan fingerprint density at radius 3 is 3.07 bits per heavy atom. The second kappa shape index (κ2) is 3.38. The Labute approximate surface area is 82.2 Å². The van der Waals surface area contributed by atoms with Gasteiger partial charge in [-0.15, -0.1) is 0 Å². The summed E-state index contributed by atoms with van der Waals surface area (Å²) in [5.74, 6) is 1.03. The molecule has 1 atom stereocenters. The molecule has 0 unspecified atom stereocenters. The number of aromatic hydroxyl groups is 1. The molecule has 1 aromatic carbocycles. The zero-order valence-electron chi connectivity index (χ0n) is 7.99. The maximum Gasteiger partial charge on any atom is 0.203 e. The molecule has 0 radical (unpaired) electrons. The van der Waals surface area contributed by atoms with Crippen molar-refractivity contribution >= 4 is 0 Å². The van der Waals surface area contributed by atoms with E-state index in [1.54, 1.807) is 12.1 Å². The highest BCUT2D eigenvalue weighted by atomic mass is 16.5. The summed E-state index contributed by atoms with van der Waals surface area (Å²) in [5.41, 5.74) is 6.80. The minimum atomic E-state index is -0.0340. The van der Waals surface area contributed by atoms with Crippen molar-refractivity contribution in [3.05, 3.63) is 17.7 Å². The molecule has 0 spiro atoms. The van der Waals surface area contributed by atoms with Crippen molar-refractivity contribution in [3.63, 3.8) is 0 Å². The lowest BCUT2D eigenvalue weighted by Gasteiger charge is -2.24. The minimum absolute atomic E-state index is 0.0340. The molecule has 0 saturated carbocycles. The van der Waals surface area contributed by atoms with E-state index in [0.29, 0.717) is 18.1 Å². The molecular weight excluding hydrogens is 182 g/mol. The molecule has 0 bridgehead atoms. The van der Waals surface area contributed by atoms with Crippen molar-refractivity contribution in [2.75, 3.05) is 13.7 Å². The van der Waals surface area contributed by atoms with Gasteiger partial charge in [0.25, 0.3) is 0 Å². The number of hydrogen-bond donors (Lipinski definition) is 2. The van der Waals surface area contributed by atoms with Crippen LogP contribution in [0.1, 0.15) is 18.0 Å². The monoisotopic (exact) mass is 195 g/mol. The van der Waals surface area contributed by atoms with Crippen LogP contribution in [-0.4, -0.2) is 18.8 Å². The first kappa shape index (κ1) is 9.15. The molecule has 4 heteroatoms. The van der Waals surface area contributed by atoms with Gasteiger partial charge >= 0.3 is 0 Å². The summed E-state index contributed by atoms with van der Waals surface area (Å²) in [7, 11) is 1.50. The predicted octanol–water partition coefficient (Wildman–Crippen LogP) is 1.18. The number of methoxy groups -OCH3 is 1. The Balaban J connectivity index is 2.55. The molecule has 1 aromatic rings. The zero-order chi connectivity index (χ0) is 10.1. The first-order valence-electron chi connectivity index (χ1n) is 4.52. The SMILES string of the molecule is COc1c(O)ccc2c1OCC[C@H]2N. The molecule has 0 fully saturated rings. The van der Waals surface area contributed by atoms with Crippen molar-refractivity contribution in [1.82, 2.24) is 0 Å². The smallest absolute Gasteiger partial charge is 0.203 e. The van der Waals surface area contributed by atoms with E-state index in [9.17, 15) is 5.11 Å². The fourth-order valence-electron chi connectivity index (χ4n) is 1.65. The lowest BCUT2D eigenvalue weighted by molar-refractivity contribution is 0.248. The average molecular weight is 195 g/mol. The second-order valence-electron chi connectivity index (χ2n) is 3.28. The highest BCUT2D eigenvalue weighted by Crippen LogP contribution is 2.43. The van der Waals surface area contributed by atoms with Crippen molar-refractivity contribution in [2.24, 2.45) is 5.73 Å². The van der Waals surface area contributed by atoms with E-state index in [0.717, 1.165) is 12.0 Å². The largest absolute Gasteiger partial charge is 0.504 e. The van der Waals surface area contributed by atoms with Crippen LogP contribution in [0.5, 0.6) is 17.2 Å². The van der Waals surface area contributed by atoms with Crippen LogP contribution in [0.3, 0.4) is 0 Å². The van der Waals surface area contributed by atoms with Gasteiger partial charge in [0, 0.05) is 18.0 Å². The maximum atomic E-state index is 9.51. The van der Waals surface area contributed by atoms with E-state index in [1.165, 1.54) is 7.11 Å². The average Bonchev–Trinajstić information content (AvgIpc) is 2.18. The van der Waals surface area contributed by atoms with Gasteiger partial charge in [-0.05, 0) is 12.1 Å². The van der Waals surface area contributed by atoms with E-state index < -0.39 is 0 Å². The fraction of sp³-hybridized carbons (Fsp3) is 0.400. The minimum Gasteiger partial charge on any atom is -0.504 e. The Bertz CT molecular complexity index is 351.